The largest absolute Gasteiger partial charge is 0.479 e. The van der Waals surface area contributed by atoms with Gasteiger partial charge in [0.25, 0.3) is 0 Å². The normalized spacial score (nSPS) is 14.5. The van der Waals surface area contributed by atoms with E-state index in [0.29, 0.717) is 5.76 Å². The minimum atomic E-state index is -1.98. The second-order valence-corrected chi connectivity index (χ2v) is 3.65. The van der Waals surface area contributed by atoms with Crippen LogP contribution in [0.1, 0.15) is 12.7 Å². The maximum atomic E-state index is 11.3. The molecule has 0 aliphatic carbocycles. The summed E-state index contributed by atoms with van der Waals surface area (Å²) >= 11 is 0. The number of carbonyl (C=O) groups is 2. The van der Waals surface area contributed by atoms with Gasteiger partial charge in [0.05, 0.1) is 12.8 Å². The Hall–Kier alpha value is -2.08. The summed E-state index contributed by atoms with van der Waals surface area (Å²) in [5.41, 5.74) is -1.98. The van der Waals surface area contributed by atoms with Gasteiger partial charge in [-0.2, -0.15) is 0 Å². The number of rotatable bonds is 5. The average Bonchev–Trinajstić information content (AvgIpc) is 2.76. The van der Waals surface area contributed by atoms with Gasteiger partial charge in [0.2, 0.25) is 5.91 Å². The molecule has 1 aromatic rings. The summed E-state index contributed by atoms with van der Waals surface area (Å²) in [4.78, 5) is 21.8. The molecule has 0 saturated carbocycles. The molecular formula is C11H13NO5. The number of nitrogens with one attached hydrogen (secondary N) is 1. The molecule has 92 valence electrons. The van der Waals surface area contributed by atoms with E-state index in [9.17, 15) is 14.7 Å². The van der Waals surface area contributed by atoms with Crippen molar-refractivity contribution in [3.8, 4) is 0 Å². The molecular weight excluding hydrogens is 226 g/mol. The van der Waals surface area contributed by atoms with Crippen molar-refractivity contribution in [1.82, 2.24) is 5.32 Å². The van der Waals surface area contributed by atoms with Crippen LogP contribution in [0, 0.1) is 0 Å². The molecule has 3 N–H and O–H groups in total. The average molecular weight is 239 g/mol. The molecule has 1 rings (SSSR count). The van der Waals surface area contributed by atoms with Gasteiger partial charge in [0.15, 0.2) is 5.60 Å². The third-order valence-corrected chi connectivity index (χ3v) is 2.01. The quantitative estimate of drug-likeness (QED) is 0.639. The molecule has 0 aromatic carbocycles. The molecule has 1 unspecified atom stereocenters. The third kappa shape index (κ3) is 4.12. The summed E-state index contributed by atoms with van der Waals surface area (Å²) in [6.07, 6.45) is 4.09. The van der Waals surface area contributed by atoms with Crippen LogP contribution in [0.3, 0.4) is 0 Å². The number of carboxylic acids is 1. The van der Waals surface area contributed by atoms with E-state index in [1.165, 1.54) is 18.4 Å². The second-order valence-electron chi connectivity index (χ2n) is 3.65. The van der Waals surface area contributed by atoms with Crippen molar-refractivity contribution in [2.75, 3.05) is 6.54 Å². The number of furan rings is 1. The lowest BCUT2D eigenvalue weighted by molar-refractivity contribution is -0.156. The number of aliphatic hydroxyl groups is 1. The maximum absolute atomic E-state index is 11.3. The minimum absolute atomic E-state index is 0.371. The molecule has 6 heteroatoms. The first-order valence-corrected chi connectivity index (χ1v) is 4.87. The van der Waals surface area contributed by atoms with E-state index in [0.717, 1.165) is 6.92 Å². The van der Waals surface area contributed by atoms with Crippen molar-refractivity contribution in [3.63, 3.8) is 0 Å². The molecule has 0 fully saturated rings. The van der Waals surface area contributed by atoms with Gasteiger partial charge in [-0.15, -0.1) is 0 Å². The van der Waals surface area contributed by atoms with Crippen molar-refractivity contribution in [2.24, 2.45) is 0 Å². The zero-order valence-electron chi connectivity index (χ0n) is 9.21. The predicted octanol–water partition coefficient (Wildman–Crippen LogP) is 0.245. The van der Waals surface area contributed by atoms with E-state index in [1.807, 2.05) is 0 Å². The van der Waals surface area contributed by atoms with Crippen LogP contribution in [0.15, 0.2) is 28.9 Å². The van der Waals surface area contributed by atoms with E-state index in [1.54, 1.807) is 12.1 Å². The van der Waals surface area contributed by atoms with Crippen LogP contribution in [0.4, 0.5) is 0 Å². The van der Waals surface area contributed by atoms with Crippen molar-refractivity contribution >= 4 is 18.0 Å². The molecule has 17 heavy (non-hydrogen) atoms. The van der Waals surface area contributed by atoms with Gasteiger partial charge in [0.1, 0.15) is 5.76 Å². The van der Waals surface area contributed by atoms with Crippen LogP contribution in [-0.4, -0.2) is 34.2 Å². The highest BCUT2D eigenvalue weighted by atomic mass is 16.4. The number of amides is 1. The molecule has 1 heterocycles. The van der Waals surface area contributed by atoms with E-state index in [2.05, 4.69) is 5.32 Å². The van der Waals surface area contributed by atoms with E-state index < -0.39 is 17.5 Å². The molecule has 1 aromatic heterocycles. The summed E-state index contributed by atoms with van der Waals surface area (Å²) in [6, 6.07) is 3.34. The van der Waals surface area contributed by atoms with Crippen LogP contribution in [0.2, 0.25) is 0 Å². The molecule has 0 bridgehead atoms. The van der Waals surface area contributed by atoms with Crippen LogP contribution >= 0.6 is 0 Å². The summed E-state index contributed by atoms with van der Waals surface area (Å²) in [6.45, 7) is 0.732. The summed E-state index contributed by atoms with van der Waals surface area (Å²) in [7, 11) is 0. The number of carboxylic acid groups (broad SMARTS) is 1. The van der Waals surface area contributed by atoms with Gasteiger partial charge >= 0.3 is 5.97 Å². The molecule has 0 saturated heterocycles. The lowest BCUT2D eigenvalue weighted by atomic mass is 10.1. The Bertz CT molecular complexity index is 419. The monoisotopic (exact) mass is 239 g/mol. The van der Waals surface area contributed by atoms with Gasteiger partial charge in [-0.1, -0.05) is 0 Å². The fourth-order valence-corrected chi connectivity index (χ4v) is 0.938. The first-order valence-electron chi connectivity index (χ1n) is 4.87. The number of hydrogen-bond acceptors (Lipinski definition) is 4. The first-order chi connectivity index (χ1) is 7.92. The van der Waals surface area contributed by atoms with E-state index in [-0.39, 0.29) is 6.54 Å². The van der Waals surface area contributed by atoms with Crippen LogP contribution in [0.5, 0.6) is 0 Å². The number of aliphatic carboxylic acids is 1. The van der Waals surface area contributed by atoms with Crippen LogP contribution in [0.25, 0.3) is 6.08 Å². The highest BCUT2D eigenvalue weighted by Crippen LogP contribution is 2.03. The number of carbonyl (C=O) groups excluding carboxylic acids is 1. The van der Waals surface area contributed by atoms with Crippen molar-refractivity contribution < 1.29 is 24.2 Å². The molecule has 1 amide bonds. The Kier molecular flexibility index (Phi) is 4.06. The Labute approximate surface area is 97.6 Å². The third-order valence-electron chi connectivity index (χ3n) is 2.01. The smallest absolute Gasteiger partial charge is 0.337 e. The first kappa shape index (κ1) is 13.0. The number of hydrogen-bond donors (Lipinski definition) is 3. The van der Waals surface area contributed by atoms with Gasteiger partial charge in [-0.05, 0) is 25.1 Å². The lowest BCUT2D eigenvalue weighted by Gasteiger charge is -2.17. The van der Waals surface area contributed by atoms with Gasteiger partial charge in [-0.25, -0.2) is 4.79 Å². The van der Waals surface area contributed by atoms with Crippen LogP contribution < -0.4 is 5.32 Å². The molecule has 0 aliphatic heterocycles. The maximum Gasteiger partial charge on any atom is 0.337 e. The van der Waals surface area contributed by atoms with E-state index >= 15 is 0 Å². The molecule has 0 spiro atoms. The topological polar surface area (TPSA) is 99.8 Å². The van der Waals surface area contributed by atoms with Crippen molar-refractivity contribution in [3.05, 3.63) is 30.2 Å². The fourth-order valence-electron chi connectivity index (χ4n) is 0.938. The summed E-state index contributed by atoms with van der Waals surface area (Å²) < 4.78 is 4.96. The van der Waals surface area contributed by atoms with Gasteiger partial charge in [0, 0.05) is 6.08 Å². The Morgan fingerprint density at radius 3 is 2.82 bits per heavy atom. The van der Waals surface area contributed by atoms with Gasteiger partial charge < -0.3 is 19.9 Å². The molecule has 0 radical (unpaired) electrons. The fraction of sp³-hybridized carbons (Fsp3) is 0.273. The highest BCUT2D eigenvalue weighted by Gasteiger charge is 2.29. The molecule has 0 aliphatic rings. The summed E-state index contributed by atoms with van der Waals surface area (Å²) in [5.74, 6) is -1.40. The zero-order chi connectivity index (χ0) is 12.9. The Balaban J connectivity index is 2.43. The minimum Gasteiger partial charge on any atom is -0.479 e. The zero-order valence-corrected chi connectivity index (χ0v) is 9.21. The molecule has 1 atom stereocenters. The molecule has 6 nitrogen and oxygen atoms in total. The van der Waals surface area contributed by atoms with Gasteiger partial charge in [-0.3, -0.25) is 4.79 Å². The SMILES string of the molecule is CC(O)(CNC(=O)C=Cc1ccco1)C(=O)O. The predicted molar refractivity (Wildman–Crippen MR) is 59.0 cm³/mol. The van der Waals surface area contributed by atoms with Crippen molar-refractivity contribution in [2.45, 2.75) is 12.5 Å². The summed E-state index contributed by atoms with van der Waals surface area (Å²) in [5, 5.41) is 20.2. The second kappa shape index (κ2) is 5.31. The highest BCUT2D eigenvalue weighted by molar-refractivity contribution is 5.91. The lowest BCUT2D eigenvalue weighted by Crippen LogP contribution is -2.46. The van der Waals surface area contributed by atoms with E-state index in [4.69, 9.17) is 9.52 Å². The van der Waals surface area contributed by atoms with Crippen molar-refractivity contribution in [1.29, 1.82) is 0 Å². The Morgan fingerprint density at radius 2 is 2.29 bits per heavy atom. The Morgan fingerprint density at radius 1 is 1.59 bits per heavy atom. The standard InChI is InChI=1S/C11H13NO5/c1-11(16,10(14)15)7-12-9(13)5-4-8-3-2-6-17-8/h2-6,16H,7H2,1H3,(H,12,13)(H,14,15). The van der Waals surface area contributed by atoms with Crippen LogP contribution in [-0.2, 0) is 9.59 Å².